The van der Waals surface area contributed by atoms with Gasteiger partial charge in [0, 0.05) is 25.3 Å². The first-order valence-electron chi connectivity index (χ1n) is 7.29. The molecule has 8 heteroatoms. The van der Waals surface area contributed by atoms with E-state index < -0.39 is 10.0 Å². The van der Waals surface area contributed by atoms with Gasteiger partial charge >= 0.3 is 6.03 Å². The highest BCUT2D eigenvalue weighted by Crippen LogP contribution is 2.13. The van der Waals surface area contributed by atoms with Crippen molar-refractivity contribution in [3.63, 3.8) is 0 Å². The summed E-state index contributed by atoms with van der Waals surface area (Å²) in [5, 5.41) is 5.73. The van der Waals surface area contributed by atoms with E-state index in [0.29, 0.717) is 25.9 Å². The van der Waals surface area contributed by atoms with Crippen LogP contribution in [-0.4, -0.2) is 49.1 Å². The summed E-state index contributed by atoms with van der Waals surface area (Å²) in [6, 6.07) is 5.11. The van der Waals surface area contributed by atoms with Crippen LogP contribution in [0.4, 0.5) is 4.79 Å². The third kappa shape index (κ3) is 4.67. The molecule has 0 unspecified atom stereocenters. The summed E-state index contributed by atoms with van der Waals surface area (Å²) in [6.07, 6.45) is 4.14. The predicted octanol–water partition coefficient (Wildman–Crippen LogP) is 0.866. The predicted molar refractivity (Wildman–Crippen MR) is 83.8 cm³/mol. The number of urea groups is 1. The Morgan fingerprint density at radius 3 is 2.59 bits per heavy atom. The largest absolute Gasteiger partial charge is 0.335 e. The Morgan fingerprint density at radius 1 is 1.36 bits per heavy atom. The second-order valence-electron chi connectivity index (χ2n) is 5.53. The molecule has 2 rings (SSSR count). The average Bonchev–Trinajstić information content (AvgIpc) is 2.47. The SMILES string of the molecule is C[C@@H](NC(=O)NC1CCN(S(C)(=O)=O)CC1)c1ccccn1. The van der Waals surface area contributed by atoms with Crippen molar-refractivity contribution in [1.82, 2.24) is 19.9 Å². The van der Waals surface area contributed by atoms with Crippen LogP contribution in [0, 0.1) is 0 Å². The molecule has 0 aromatic carbocycles. The maximum Gasteiger partial charge on any atom is 0.315 e. The van der Waals surface area contributed by atoms with Crippen LogP contribution in [0.5, 0.6) is 0 Å². The standard InChI is InChI=1S/C14H22N4O3S/c1-11(13-5-3-4-8-15-13)16-14(19)17-12-6-9-18(10-7-12)22(2,20)21/h3-5,8,11-12H,6-7,9-10H2,1-2H3,(H2,16,17,19)/t11-/m1/s1. The number of amides is 2. The third-order valence-corrected chi connectivity index (χ3v) is 5.04. The van der Waals surface area contributed by atoms with E-state index in [-0.39, 0.29) is 18.1 Å². The van der Waals surface area contributed by atoms with Gasteiger partial charge in [0.05, 0.1) is 18.0 Å². The van der Waals surface area contributed by atoms with Crippen LogP contribution >= 0.6 is 0 Å². The van der Waals surface area contributed by atoms with E-state index in [9.17, 15) is 13.2 Å². The molecule has 1 aromatic rings. The van der Waals surface area contributed by atoms with E-state index in [2.05, 4.69) is 15.6 Å². The van der Waals surface area contributed by atoms with Gasteiger partial charge in [0.15, 0.2) is 0 Å². The lowest BCUT2D eigenvalue weighted by Crippen LogP contribution is -2.49. The molecule has 1 fully saturated rings. The zero-order valence-corrected chi connectivity index (χ0v) is 13.6. The van der Waals surface area contributed by atoms with E-state index in [1.807, 2.05) is 25.1 Å². The van der Waals surface area contributed by atoms with Crippen molar-refractivity contribution < 1.29 is 13.2 Å². The van der Waals surface area contributed by atoms with Gasteiger partial charge < -0.3 is 10.6 Å². The molecule has 2 amide bonds. The molecule has 22 heavy (non-hydrogen) atoms. The van der Waals surface area contributed by atoms with E-state index in [0.717, 1.165) is 5.69 Å². The lowest BCUT2D eigenvalue weighted by Gasteiger charge is -2.30. The molecule has 0 radical (unpaired) electrons. The van der Waals surface area contributed by atoms with Crippen molar-refractivity contribution in [3.05, 3.63) is 30.1 Å². The minimum Gasteiger partial charge on any atom is -0.335 e. The highest BCUT2D eigenvalue weighted by atomic mass is 32.2. The highest BCUT2D eigenvalue weighted by molar-refractivity contribution is 7.88. The van der Waals surface area contributed by atoms with Crippen LogP contribution < -0.4 is 10.6 Å². The van der Waals surface area contributed by atoms with Crippen LogP contribution in [0.2, 0.25) is 0 Å². The number of aromatic nitrogens is 1. The van der Waals surface area contributed by atoms with Gasteiger partial charge in [0.2, 0.25) is 10.0 Å². The fourth-order valence-corrected chi connectivity index (χ4v) is 3.34. The number of piperidine rings is 1. The topological polar surface area (TPSA) is 91.4 Å². The molecule has 2 heterocycles. The van der Waals surface area contributed by atoms with E-state index in [1.165, 1.54) is 10.6 Å². The Balaban J connectivity index is 1.79. The van der Waals surface area contributed by atoms with Gasteiger partial charge in [-0.3, -0.25) is 4.98 Å². The van der Waals surface area contributed by atoms with Crippen LogP contribution in [0.15, 0.2) is 24.4 Å². The minimum absolute atomic E-state index is 0.00562. The summed E-state index contributed by atoms with van der Waals surface area (Å²) < 4.78 is 24.3. The normalized spacial score (nSPS) is 18.6. The molecular formula is C14H22N4O3S. The second-order valence-corrected chi connectivity index (χ2v) is 7.51. The van der Waals surface area contributed by atoms with Gasteiger partial charge in [-0.2, -0.15) is 0 Å². The molecule has 122 valence electrons. The van der Waals surface area contributed by atoms with Crippen molar-refractivity contribution in [3.8, 4) is 0 Å². The number of carbonyl (C=O) groups is 1. The fourth-order valence-electron chi connectivity index (χ4n) is 2.46. The number of hydrogen-bond donors (Lipinski definition) is 2. The number of rotatable bonds is 4. The van der Waals surface area contributed by atoms with Crippen molar-refractivity contribution in [2.24, 2.45) is 0 Å². The summed E-state index contributed by atoms with van der Waals surface area (Å²) in [7, 11) is -3.14. The van der Waals surface area contributed by atoms with Gasteiger partial charge in [-0.1, -0.05) is 6.07 Å². The summed E-state index contributed by atoms with van der Waals surface area (Å²) in [4.78, 5) is 16.2. The molecular weight excluding hydrogens is 304 g/mol. The van der Waals surface area contributed by atoms with Gasteiger partial charge in [0.25, 0.3) is 0 Å². The monoisotopic (exact) mass is 326 g/mol. The van der Waals surface area contributed by atoms with E-state index >= 15 is 0 Å². The maximum atomic E-state index is 12.0. The zero-order chi connectivity index (χ0) is 16.2. The van der Waals surface area contributed by atoms with Gasteiger partial charge in [-0.05, 0) is 31.9 Å². The average molecular weight is 326 g/mol. The Kier molecular flexibility index (Phi) is 5.36. The van der Waals surface area contributed by atoms with Gasteiger partial charge in [0.1, 0.15) is 0 Å². The molecule has 0 spiro atoms. The Morgan fingerprint density at radius 2 is 2.05 bits per heavy atom. The maximum absolute atomic E-state index is 12.0. The molecule has 1 aliphatic rings. The molecule has 2 N–H and O–H groups in total. The van der Waals surface area contributed by atoms with Gasteiger partial charge in [-0.15, -0.1) is 0 Å². The molecule has 1 atom stereocenters. The molecule has 0 aliphatic carbocycles. The van der Waals surface area contributed by atoms with Crippen LogP contribution in [0.3, 0.4) is 0 Å². The van der Waals surface area contributed by atoms with Gasteiger partial charge in [-0.25, -0.2) is 17.5 Å². The Labute approximate surface area is 131 Å². The lowest BCUT2D eigenvalue weighted by atomic mass is 10.1. The number of nitrogens with zero attached hydrogens (tertiary/aromatic N) is 2. The number of hydrogen-bond acceptors (Lipinski definition) is 4. The smallest absolute Gasteiger partial charge is 0.315 e. The zero-order valence-electron chi connectivity index (χ0n) is 12.8. The van der Waals surface area contributed by atoms with Crippen molar-refractivity contribution in [2.45, 2.75) is 31.8 Å². The number of pyridine rings is 1. The summed E-state index contributed by atoms with van der Waals surface area (Å²) in [5.74, 6) is 0. The van der Waals surface area contributed by atoms with Crippen molar-refractivity contribution in [2.75, 3.05) is 19.3 Å². The second kappa shape index (κ2) is 7.06. The number of sulfonamides is 1. The van der Waals surface area contributed by atoms with Crippen LogP contribution in [0.25, 0.3) is 0 Å². The first kappa shape index (κ1) is 16.7. The number of carbonyl (C=O) groups excluding carboxylic acids is 1. The Bertz CT molecular complexity index is 598. The molecule has 1 aromatic heterocycles. The molecule has 0 saturated carbocycles. The minimum atomic E-state index is -3.14. The molecule has 7 nitrogen and oxygen atoms in total. The summed E-state index contributed by atoms with van der Waals surface area (Å²) in [6.45, 7) is 2.76. The lowest BCUT2D eigenvalue weighted by molar-refractivity contribution is 0.225. The molecule has 1 saturated heterocycles. The third-order valence-electron chi connectivity index (χ3n) is 3.74. The Hall–Kier alpha value is -1.67. The van der Waals surface area contributed by atoms with E-state index in [4.69, 9.17) is 0 Å². The first-order chi connectivity index (χ1) is 10.4. The number of nitrogens with one attached hydrogen (secondary N) is 2. The fraction of sp³-hybridized carbons (Fsp3) is 0.571. The summed E-state index contributed by atoms with van der Waals surface area (Å²) >= 11 is 0. The highest BCUT2D eigenvalue weighted by Gasteiger charge is 2.26. The van der Waals surface area contributed by atoms with Crippen LogP contribution in [-0.2, 0) is 10.0 Å². The van der Waals surface area contributed by atoms with Crippen LogP contribution in [0.1, 0.15) is 31.5 Å². The quantitative estimate of drug-likeness (QED) is 0.859. The summed E-state index contributed by atoms with van der Waals surface area (Å²) in [5.41, 5.74) is 0.796. The molecule has 1 aliphatic heterocycles. The van der Waals surface area contributed by atoms with E-state index in [1.54, 1.807) is 6.20 Å². The molecule has 0 bridgehead atoms. The first-order valence-corrected chi connectivity index (χ1v) is 9.14. The van der Waals surface area contributed by atoms with Crippen molar-refractivity contribution in [1.29, 1.82) is 0 Å². The van der Waals surface area contributed by atoms with Crippen molar-refractivity contribution >= 4 is 16.1 Å².